The first-order valence-corrected chi connectivity index (χ1v) is 8.19. The number of hydrogen-bond acceptors (Lipinski definition) is 2. The quantitative estimate of drug-likeness (QED) is 0.864. The first-order valence-electron chi connectivity index (χ1n) is 7.40. The molecule has 3 nitrogen and oxygen atoms in total. The van der Waals surface area contributed by atoms with Gasteiger partial charge in [-0.05, 0) is 55.5 Å². The number of benzene rings is 1. The van der Waals surface area contributed by atoms with Crippen LogP contribution in [0.15, 0.2) is 28.7 Å². The van der Waals surface area contributed by atoms with Gasteiger partial charge in [-0.1, -0.05) is 28.1 Å². The molecule has 21 heavy (non-hydrogen) atoms. The van der Waals surface area contributed by atoms with Crippen molar-refractivity contribution in [1.29, 1.82) is 0 Å². The summed E-state index contributed by atoms with van der Waals surface area (Å²) in [7, 11) is 0. The van der Waals surface area contributed by atoms with Crippen LogP contribution in [0.3, 0.4) is 0 Å². The number of piperidine rings is 1. The lowest BCUT2D eigenvalue weighted by Crippen LogP contribution is -2.40. The minimum atomic E-state index is 0. The smallest absolute Gasteiger partial charge is 0.227 e. The Balaban J connectivity index is 0.00000161. The van der Waals surface area contributed by atoms with Crippen LogP contribution in [-0.2, 0) is 11.2 Å². The number of carbonyl (C=O) groups excluding carboxylic acids is 1. The van der Waals surface area contributed by atoms with Crippen LogP contribution < -0.4 is 5.32 Å². The second-order valence-corrected chi connectivity index (χ2v) is 7.03. The van der Waals surface area contributed by atoms with Crippen molar-refractivity contribution in [3.05, 3.63) is 34.3 Å². The highest BCUT2D eigenvalue weighted by Gasteiger charge is 2.40. The van der Waals surface area contributed by atoms with Gasteiger partial charge in [-0.2, -0.15) is 0 Å². The van der Waals surface area contributed by atoms with Crippen molar-refractivity contribution in [3.8, 4) is 0 Å². The second kappa shape index (κ2) is 7.12. The maximum absolute atomic E-state index is 12.4. The highest BCUT2D eigenvalue weighted by Crippen LogP contribution is 2.38. The maximum atomic E-state index is 12.4. The highest BCUT2D eigenvalue weighted by atomic mass is 79.9. The fourth-order valence-corrected chi connectivity index (χ4v) is 3.67. The molecule has 0 saturated carbocycles. The van der Waals surface area contributed by atoms with Gasteiger partial charge in [0.1, 0.15) is 0 Å². The van der Waals surface area contributed by atoms with Crippen LogP contribution in [0.25, 0.3) is 0 Å². The number of carbonyl (C=O) groups is 1. The number of hydrogen-bond donors (Lipinski definition) is 1. The lowest BCUT2D eigenvalue weighted by Gasteiger charge is -2.33. The molecule has 1 aromatic carbocycles. The van der Waals surface area contributed by atoms with E-state index in [1.165, 1.54) is 19.3 Å². The molecule has 0 atom stereocenters. The van der Waals surface area contributed by atoms with Gasteiger partial charge in [0.15, 0.2) is 0 Å². The van der Waals surface area contributed by atoms with Gasteiger partial charge in [0, 0.05) is 17.6 Å². The Morgan fingerprint density at radius 1 is 1.19 bits per heavy atom. The van der Waals surface area contributed by atoms with Crippen molar-refractivity contribution in [1.82, 2.24) is 10.2 Å². The minimum absolute atomic E-state index is 0. The third-order valence-corrected chi connectivity index (χ3v) is 5.25. The lowest BCUT2D eigenvalue weighted by molar-refractivity contribution is -0.129. The standard InChI is InChI=1S/C16H21BrN2O.ClH/c17-14-3-1-13(2-4-14)11-15(20)19-10-7-16(12-19)5-8-18-9-6-16;/h1-4,18H,5-12H2;1H. The Kier molecular flexibility index (Phi) is 5.69. The molecule has 3 rings (SSSR count). The monoisotopic (exact) mass is 372 g/mol. The summed E-state index contributed by atoms with van der Waals surface area (Å²) in [4.78, 5) is 14.5. The number of rotatable bonds is 2. The Bertz CT molecular complexity index is 486. The largest absolute Gasteiger partial charge is 0.342 e. The Morgan fingerprint density at radius 2 is 1.86 bits per heavy atom. The summed E-state index contributed by atoms with van der Waals surface area (Å²) >= 11 is 3.42. The predicted molar refractivity (Wildman–Crippen MR) is 90.8 cm³/mol. The van der Waals surface area contributed by atoms with Gasteiger partial charge in [0.05, 0.1) is 6.42 Å². The summed E-state index contributed by atoms with van der Waals surface area (Å²) in [6.07, 6.45) is 4.15. The van der Waals surface area contributed by atoms with Crippen LogP contribution in [0.5, 0.6) is 0 Å². The molecular weight excluding hydrogens is 352 g/mol. The molecule has 1 spiro atoms. The molecule has 2 heterocycles. The summed E-state index contributed by atoms with van der Waals surface area (Å²) in [5, 5.41) is 3.42. The maximum Gasteiger partial charge on any atom is 0.227 e. The molecule has 2 saturated heterocycles. The molecule has 0 aromatic heterocycles. The van der Waals surface area contributed by atoms with Crippen LogP contribution in [0.2, 0.25) is 0 Å². The van der Waals surface area contributed by atoms with Gasteiger partial charge in [-0.3, -0.25) is 4.79 Å². The highest BCUT2D eigenvalue weighted by molar-refractivity contribution is 9.10. The van der Waals surface area contributed by atoms with Gasteiger partial charge >= 0.3 is 0 Å². The SMILES string of the molecule is Cl.O=C(Cc1ccc(Br)cc1)N1CCC2(CCNCC2)C1. The molecule has 2 aliphatic rings. The number of halogens is 2. The first kappa shape index (κ1) is 16.8. The van der Waals surface area contributed by atoms with E-state index in [-0.39, 0.29) is 18.3 Å². The summed E-state index contributed by atoms with van der Waals surface area (Å²) in [6.45, 7) is 4.11. The van der Waals surface area contributed by atoms with E-state index in [9.17, 15) is 4.79 Å². The molecule has 2 fully saturated rings. The molecule has 1 N–H and O–H groups in total. The van der Waals surface area contributed by atoms with Gasteiger partial charge in [0.2, 0.25) is 5.91 Å². The predicted octanol–water partition coefficient (Wildman–Crippen LogP) is 3.02. The van der Waals surface area contributed by atoms with Crippen molar-refractivity contribution in [2.45, 2.75) is 25.7 Å². The van der Waals surface area contributed by atoms with Crippen LogP contribution in [0.1, 0.15) is 24.8 Å². The molecular formula is C16H22BrClN2O. The van der Waals surface area contributed by atoms with Gasteiger partial charge in [-0.15, -0.1) is 12.4 Å². The summed E-state index contributed by atoms with van der Waals surface area (Å²) in [5.74, 6) is 0.280. The topological polar surface area (TPSA) is 32.3 Å². The van der Waals surface area contributed by atoms with Crippen molar-refractivity contribution in [3.63, 3.8) is 0 Å². The van der Waals surface area contributed by atoms with E-state index >= 15 is 0 Å². The zero-order valence-corrected chi connectivity index (χ0v) is 14.5. The first-order chi connectivity index (χ1) is 9.67. The average Bonchev–Trinajstić information content (AvgIpc) is 2.86. The molecule has 0 aliphatic carbocycles. The number of likely N-dealkylation sites (tertiary alicyclic amines) is 1. The number of nitrogens with one attached hydrogen (secondary N) is 1. The van der Waals surface area contributed by atoms with E-state index in [0.29, 0.717) is 11.8 Å². The third kappa shape index (κ3) is 3.99. The van der Waals surface area contributed by atoms with Crippen molar-refractivity contribution >= 4 is 34.2 Å². The Hall–Kier alpha value is -0.580. The van der Waals surface area contributed by atoms with Crippen LogP contribution in [0, 0.1) is 5.41 Å². The Labute approximate surface area is 141 Å². The molecule has 1 aromatic rings. The average molecular weight is 374 g/mol. The molecule has 0 radical (unpaired) electrons. The zero-order chi connectivity index (χ0) is 14.0. The van der Waals surface area contributed by atoms with Crippen LogP contribution >= 0.6 is 28.3 Å². The van der Waals surface area contributed by atoms with Crippen molar-refractivity contribution in [2.24, 2.45) is 5.41 Å². The third-order valence-electron chi connectivity index (χ3n) is 4.72. The van der Waals surface area contributed by atoms with E-state index in [1.54, 1.807) is 0 Å². The summed E-state index contributed by atoms with van der Waals surface area (Å²) < 4.78 is 1.06. The van der Waals surface area contributed by atoms with E-state index in [0.717, 1.165) is 36.2 Å². The Morgan fingerprint density at radius 3 is 2.52 bits per heavy atom. The van der Waals surface area contributed by atoms with Gasteiger partial charge < -0.3 is 10.2 Å². The summed E-state index contributed by atoms with van der Waals surface area (Å²) in [5.41, 5.74) is 1.50. The molecule has 0 bridgehead atoms. The second-order valence-electron chi connectivity index (χ2n) is 6.12. The molecule has 116 valence electrons. The molecule has 5 heteroatoms. The van der Waals surface area contributed by atoms with E-state index in [1.807, 2.05) is 24.3 Å². The summed E-state index contributed by atoms with van der Waals surface area (Å²) in [6, 6.07) is 8.05. The number of amides is 1. The number of nitrogens with zero attached hydrogens (tertiary/aromatic N) is 1. The van der Waals surface area contributed by atoms with Crippen molar-refractivity contribution in [2.75, 3.05) is 26.2 Å². The molecule has 2 aliphatic heterocycles. The molecule has 0 unspecified atom stereocenters. The van der Waals surface area contributed by atoms with Crippen LogP contribution in [-0.4, -0.2) is 37.0 Å². The molecule has 1 amide bonds. The van der Waals surface area contributed by atoms with Gasteiger partial charge in [0.25, 0.3) is 0 Å². The minimum Gasteiger partial charge on any atom is -0.342 e. The van der Waals surface area contributed by atoms with Crippen LogP contribution in [0.4, 0.5) is 0 Å². The van der Waals surface area contributed by atoms with Gasteiger partial charge in [-0.25, -0.2) is 0 Å². The normalized spacial score (nSPS) is 20.3. The zero-order valence-electron chi connectivity index (χ0n) is 12.1. The van der Waals surface area contributed by atoms with E-state index in [4.69, 9.17) is 0 Å². The fourth-order valence-electron chi connectivity index (χ4n) is 3.40. The van der Waals surface area contributed by atoms with E-state index < -0.39 is 0 Å². The lowest BCUT2D eigenvalue weighted by atomic mass is 9.78. The van der Waals surface area contributed by atoms with Crippen molar-refractivity contribution < 1.29 is 4.79 Å². The van der Waals surface area contributed by atoms with E-state index in [2.05, 4.69) is 26.1 Å². The fraction of sp³-hybridized carbons (Fsp3) is 0.562.